The van der Waals surface area contributed by atoms with Crippen molar-refractivity contribution in [3.63, 3.8) is 0 Å². The molecule has 0 atom stereocenters. The molecule has 0 aromatic carbocycles. The summed E-state index contributed by atoms with van der Waals surface area (Å²) in [5.41, 5.74) is 5.93. The van der Waals surface area contributed by atoms with E-state index in [-0.39, 0.29) is 0 Å². The van der Waals surface area contributed by atoms with E-state index in [2.05, 4.69) is 15.2 Å². The van der Waals surface area contributed by atoms with Crippen molar-refractivity contribution >= 4 is 5.96 Å². The molecule has 0 bridgehead atoms. The molecule has 3 N–H and O–H groups in total. The van der Waals surface area contributed by atoms with Gasteiger partial charge in [0.2, 0.25) is 0 Å². The van der Waals surface area contributed by atoms with Crippen LogP contribution in [-0.4, -0.2) is 56.3 Å². The van der Waals surface area contributed by atoms with Crippen molar-refractivity contribution in [1.82, 2.24) is 10.2 Å². The molecule has 1 saturated carbocycles. The van der Waals surface area contributed by atoms with E-state index in [1.165, 1.54) is 32.1 Å². The fraction of sp³-hybridized carbons (Fsp3) is 0.929. The van der Waals surface area contributed by atoms with Crippen LogP contribution in [0.3, 0.4) is 0 Å². The lowest BCUT2D eigenvalue weighted by molar-refractivity contribution is 0.0377. The van der Waals surface area contributed by atoms with E-state index in [0.29, 0.717) is 12.0 Å². The lowest BCUT2D eigenvalue weighted by Gasteiger charge is -2.26. The third-order valence-electron chi connectivity index (χ3n) is 3.98. The number of rotatable bonds is 5. The second-order valence-electron chi connectivity index (χ2n) is 5.55. The van der Waals surface area contributed by atoms with Crippen LogP contribution < -0.4 is 11.1 Å². The molecule has 0 unspecified atom stereocenters. The van der Waals surface area contributed by atoms with Gasteiger partial charge in [0.05, 0.1) is 13.2 Å². The molecular weight excluding hydrogens is 240 g/mol. The molecule has 2 aliphatic rings. The zero-order valence-corrected chi connectivity index (χ0v) is 11.9. The van der Waals surface area contributed by atoms with Crippen molar-refractivity contribution in [2.75, 3.05) is 39.4 Å². The third kappa shape index (κ3) is 5.78. The Kier molecular flexibility index (Phi) is 6.44. The summed E-state index contributed by atoms with van der Waals surface area (Å²) in [4.78, 5) is 6.86. The Balaban J connectivity index is 1.55. The van der Waals surface area contributed by atoms with Crippen LogP contribution in [0.2, 0.25) is 0 Å². The topological polar surface area (TPSA) is 62.9 Å². The van der Waals surface area contributed by atoms with Crippen molar-refractivity contribution in [1.29, 1.82) is 0 Å². The Hall–Kier alpha value is -0.810. The first-order valence-corrected chi connectivity index (χ1v) is 7.71. The second kappa shape index (κ2) is 8.38. The maximum atomic E-state index is 5.93. The maximum Gasteiger partial charge on any atom is 0.188 e. The second-order valence-corrected chi connectivity index (χ2v) is 5.55. The Morgan fingerprint density at radius 1 is 1.21 bits per heavy atom. The van der Waals surface area contributed by atoms with Crippen LogP contribution in [0.4, 0.5) is 0 Å². The smallest absolute Gasteiger partial charge is 0.188 e. The molecule has 5 heteroatoms. The van der Waals surface area contributed by atoms with Crippen molar-refractivity contribution in [3.8, 4) is 0 Å². The van der Waals surface area contributed by atoms with Crippen molar-refractivity contribution in [2.45, 2.75) is 44.6 Å². The van der Waals surface area contributed by atoms with Gasteiger partial charge in [0.15, 0.2) is 5.96 Å². The Bertz CT molecular complexity index is 271. The summed E-state index contributed by atoms with van der Waals surface area (Å²) < 4.78 is 5.33. The molecule has 1 aliphatic heterocycles. The van der Waals surface area contributed by atoms with Crippen LogP contribution in [0.5, 0.6) is 0 Å². The predicted molar refractivity (Wildman–Crippen MR) is 78.4 cm³/mol. The van der Waals surface area contributed by atoms with E-state index >= 15 is 0 Å². The summed E-state index contributed by atoms with van der Waals surface area (Å²) in [6.45, 7) is 5.77. The van der Waals surface area contributed by atoms with Gasteiger partial charge in [-0.1, -0.05) is 19.3 Å². The minimum atomic E-state index is 0.553. The molecule has 1 aliphatic carbocycles. The molecule has 0 amide bonds. The largest absolute Gasteiger partial charge is 0.379 e. The minimum Gasteiger partial charge on any atom is -0.379 e. The monoisotopic (exact) mass is 268 g/mol. The lowest BCUT2D eigenvalue weighted by Crippen LogP contribution is -2.41. The van der Waals surface area contributed by atoms with Gasteiger partial charge in [-0.25, -0.2) is 0 Å². The zero-order chi connectivity index (χ0) is 13.3. The van der Waals surface area contributed by atoms with Crippen molar-refractivity contribution < 1.29 is 4.74 Å². The fourth-order valence-electron chi connectivity index (χ4n) is 2.82. The van der Waals surface area contributed by atoms with Gasteiger partial charge in [-0.15, -0.1) is 0 Å². The van der Waals surface area contributed by atoms with E-state index in [0.717, 1.165) is 45.8 Å². The summed E-state index contributed by atoms with van der Waals surface area (Å²) >= 11 is 0. The van der Waals surface area contributed by atoms with Gasteiger partial charge in [-0.2, -0.15) is 0 Å². The summed E-state index contributed by atoms with van der Waals surface area (Å²) in [6, 6.07) is 0.553. The molecule has 19 heavy (non-hydrogen) atoms. The number of nitrogens with one attached hydrogen (secondary N) is 1. The number of guanidine groups is 1. The fourth-order valence-corrected chi connectivity index (χ4v) is 2.82. The molecule has 2 rings (SSSR count). The first kappa shape index (κ1) is 14.6. The molecule has 2 fully saturated rings. The summed E-state index contributed by atoms with van der Waals surface area (Å²) in [5, 5.41) is 3.35. The molecule has 0 aromatic heterocycles. The molecule has 5 nitrogen and oxygen atoms in total. The summed E-state index contributed by atoms with van der Waals surface area (Å²) in [5.74, 6) is 0.633. The van der Waals surface area contributed by atoms with Crippen LogP contribution in [0.15, 0.2) is 4.99 Å². The highest BCUT2D eigenvalue weighted by molar-refractivity contribution is 5.78. The standard InChI is InChI=1S/C14H28N4O/c15-14(17-13-5-2-1-3-6-13)16-7-4-8-18-9-11-19-12-10-18/h13H,1-12H2,(H3,15,16,17). The summed E-state index contributed by atoms with van der Waals surface area (Å²) in [7, 11) is 0. The number of ether oxygens (including phenoxy) is 1. The highest BCUT2D eigenvalue weighted by Gasteiger charge is 2.13. The highest BCUT2D eigenvalue weighted by atomic mass is 16.5. The predicted octanol–water partition coefficient (Wildman–Crippen LogP) is 0.946. The number of morpholine rings is 1. The minimum absolute atomic E-state index is 0.553. The average Bonchev–Trinajstić information content (AvgIpc) is 2.46. The van der Waals surface area contributed by atoms with Crippen LogP contribution in [0.25, 0.3) is 0 Å². The maximum absolute atomic E-state index is 5.93. The SMILES string of the molecule is NC(=NCCCN1CCOCC1)NC1CCCCC1. The normalized spacial score (nSPS) is 23.5. The molecular formula is C14H28N4O. The van der Waals surface area contributed by atoms with Gasteiger partial charge < -0.3 is 15.8 Å². The van der Waals surface area contributed by atoms with Gasteiger partial charge >= 0.3 is 0 Å². The van der Waals surface area contributed by atoms with Crippen LogP contribution in [0, 0.1) is 0 Å². The number of nitrogens with zero attached hydrogens (tertiary/aromatic N) is 2. The number of nitrogens with two attached hydrogens (primary N) is 1. The van der Waals surface area contributed by atoms with Crippen LogP contribution in [-0.2, 0) is 4.74 Å². The Morgan fingerprint density at radius 2 is 1.95 bits per heavy atom. The lowest BCUT2D eigenvalue weighted by atomic mass is 9.96. The highest BCUT2D eigenvalue weighted by Crippen LogP contribution is 2.16. The quantitative estimate of drug-likeness (QED) is 0.443. The molecule has 110 valence electrons. The van der Waals surface area contributed by atoms with Gasteiger partial charge in [-0.05, 0) is 19.3 Å². The number of hydrogen-bond donors (Lipinski definition) is 2. The third-order valence-corrected chi connectivity index (χ3v) is 3.98. The summed E-state index contributed by atoms with van der Waals surface area (Å²) in [6.07, 6.45) is 7.57. The van der Waals surface area contributed by atoms with Crippen LogP contribution in [0.1, 0.15) is 38.5 Å². The van der Waals surface area contributed by atoms with Gasteiger partial charge in [0, 0.05) is 32.2 Å². The van der Waals surface area contributed by atoms with Crippen LogP contribution >= 0.6 is 0 Å². The van der Waals surface area contributed by atoms with E-state index in [9.17, 15) is 0 Å². The average molecular weight is 268 g/mol. The Morgan fingerprint density at radius 3 is 2.68 bits per heavy atom. The molecule has 0 radical (unpaired) electrons. The molecule has 1 saturated heterocycles. The van der Waals surface area contributed by atoms with Crippen molar-refractivity contribution in [2.24, 2.45) is 10.7 Å². The van der Waals surface area contributed by atoms with E-state index < -0.39 is 0 Å². The number of aliphatic imine (C=N–C) groups is 1. The zero-order valence-electron chi connectivity index (χ0n) is 11.9. The van der Waals surface area contributed by atoms with Crippen molar-refractivity contribution in [3.05, 3.63) is 0 Å². The van der Waals surface area contributed by atoms with Gasteiger partial charge in [0.1, 0.15) is 0 Å². The van der Waals surface area contributed by atoms with E-state index in [4.69, 9.17) is 10.5 Å². The Labute approximate surface area is 116 Å². The molecule has 1 heterocycles. The first-order valence-electron chi connectivity index (χ1n) is 7.71. The van der Waals surface area contributed by atoms with Gasteiger partial charge in [0.25, 0.3) is 0 Å². The molecule has 0 spiro atoms. The van der Waals surface area contributed by atoms with E-state index in [1.807, 2.05) is 0 Å². The molecule has 0 aromatic rings. The van der Waals surface area contributed by atoms with E-state index in [1.54, 1.807) is 0 Å². The first-order chi connectivity index (χ1) is 9.34. The van der Waals surface area contributed by atoms with Gasteiger partial charge in [-0.3, -0.25) is 9.89 Å². The number of hydrogen-bond acceptors (Lipinski definition) is 3.